The fourth-order valence-electron chi connectivity index (χ4n) is 5.28. The monoisotopic (exact) mass is 615 g/mol. The number of aryl methyl sites for hydroxylation is 1. The van der Waals surface area contributed by atoms with E-state index in [4.69, 9.17) is 15.2 Å². The van der Waals surface area contributed by atoms with E-state index in [1.807, 2.05) is 19.1 Å². The van der Waals surface area contributed by atoms with Crippen LogP contribution in [0.2, 0.25) is 0 Å². The zero-order valence-electron chi connectivity index (χ0n) is 24.4. The largest absolute Gasteiger partial charge is 0.479 e. The zero-order valence-corrected chi connectivity index (χ0v) is 24.4. The number of benzene rings is 2. The predicted molar refractivity (Wildman–Crippen MR) is 164 cm³/mol. The number of fused-ring (bicyclic) bond motifs is 1. The lowest BCUT2D eigenvalue weighted by molar-refractivity contribution is -0.137. The van der Waals surface area contributed by atoms with Crippen molar-refractivity contribution >= 4 is 34.3 Å². The minimum atomic E-state index is -4.71. The Hall–Kier alpha value is -5.30. The van der Waals surface area contributed by atoms with Crippen molar-refractivity contribution in [1.29, 1.82) is 0 Å². The summed E-state index contributed by atoms with van der Waals surface area (Å²) in [6.45, 7) is 4.70. The van der Waals surface area contributed by atoms with Crippen LogP contribution in [0.1, 0.15) is 21.5 Å². The van der Waals surface area contributed by atoms with E-state index in [9.17, 15) is 18.0 Å². The number of alkyl halides is 3. The van der Waals surface area contributed by atoms with Crippen molar-refractivity contribution in [3.63, 3.8) is 0 Å². The van der Waals surface area contributed by atoms with Crippen molar-refractivity contribution in [3.05, 3.63) is 83.7 Å². The number of anilines is 3. The maximum Gasteiger partial charge on any atom is 0.417 e. The van der Waals surface area contributed by atoms with Crippen molar-refractivity contribution in [1.82, 2.24) is 19.9 Å². The average Bonchev–Trinajstić information content (AvgIpc) is 3.04. The van der Waals surface area contributed by atoms with Gasteiger partial charge in [-0.1, -0.05) is 18.2 Å². The Balaban J connectivity index is 1.35. The number of nitrogens with two attached hydrogens (primary N) is 1. The van der Waals surface area contributed by atoms with E-state index in [1.54, 1.807) is 30.6 Å². The second-order valence-electron chi connectivity index (χ2n) is 10.4. The van der Waals surface area contributed by atoms with E-state index in [0.717, 1.165) is 36.6 Å². The molecule has 0 atom stereocenters. The first-order valence-corrected chi connectivity index (χ1v) is 14.0. The van der Waals surface area contributed by atoms with Gasteiger partial charge in [-0.05, 0) is 54.4 Å². The van der Waals surface area contributed by atoms with Gasteiger partial charge in [-0.3, -0.25) is 4.79 Å². The van der Waals surface area contributed by atoms with Gasteiger partial charge in [0.05, 0.1) is 43.5 Å². The van der Waals surface area contributed by atoms with Gasteiger partial charge in [-0.2, -0.15) is 13.2 Å². The number of nitrogens with zero attached hydrogens (tertiary/aromatic N) is 5. The lowest BCUT2D eigenvalue weighted by atomic mass is 9.90. The van der Waals surface area contributed by atoms with Crippen molar-refractivity contribution in [2.45, 2.75) is 13.1 Å². The number of amides is 1. The Morgan fingerprint density at radius 1 is 1.02 bits per heavy atom. The summed E-state index contributed by atoms with van der Waals surface area (Å²) in [5, 5.41) is 3.75. The highest BCUT2D eigenvalue weighted by Crippen LogP contribution is 2.41. The van der Waals surface area contributed by atoms with Crippen molar-refractivity contribution in [2.75, 3.05) is 43.6 Å². The van der Waals surface area contributed by atoms with Gasteiger partial charge >= 0.3 is 6.18 Å². The fraction of sp³-hybridized carbons (Fsp3) is 0.219. The lowest BCUT2D eigenvalue weighted by Gasteiger charge is -2.27. The summed E-state index contributed by atoms with van der Waals surface area (Å²) < 4.78 is 53.0. The lowest BCUT2D eigenvalue weighted by Crippen LogP contribution is -2.36. The summed E-state index contributed by atoms with van der Waals surface area (Å²) in [5.74, 6) is 0.396. The number of primary amides is 1. The molecule has 230 valence electrons. The van der Waals surface area contributed by atoms with E-state index in [2.05, 4.69) is 30.2 Å². The topological polar surface area (TPSA) is 128 Å². The second kappa shape index (κ2) is 12.0. The van der Waals surface area contributed by atoms with E-state index in [0.29, 0.717) is 47.0 Å². The molecular formula is C32H28F3N7O3. The summed E-state index contributed by atoms with van der Waals surface area (Å²) in [6.07, 6.45) is -1.40. The number of halogens is 3. The number of rotatable bonds is 7. The van der Waals surface area contributed by atoms with Gasteiger partial charge in [0.1, 0.15) is 11.3 Å². The van der Waals surface area contributed by atoms with Crippen molar-refractivity contribution in [2.24, 2.45) is 5.73 Å². The molecule has 1 saturated heterocycles. The van der Waals surface area contributed by atoms with E-state index in [1.165, 1.54) is 19.2 Å². The van der Waals surface area contributed by atoms with Crippen LogP contribution in [-0.2, 0) is 10.9 Å². The highest BCUT2D eigenvalue weighted by Gasteiger charge is 2.35. The normalized spacial score (nSPS) is 13.6. The molecule has 2 aromatic carbocycles. The molecule has 4 heterocycles. The van der Waals surface area contributed by atoms with Crippen LogP contribution < -0.4 is 20.7 Å². The average molecular weight is 616 g/mol. The maximum atomic E-state index is 14.0. The second-order valence-corrected chi connectivity index (χ2v) is 10.4. The summed E-state index contributed by atoms with van der Waals surface area (Å²) >= 11 is 0. The van der Waals surface area contributed by atoms with Crippen LogP contribution in [-0.4, -0.2) is 59.3 Å². The molecule has 13 heteroatoms. The summed E-state index contributed by atoms with van der Waals surface area (Å²) in [7, 11) is 1.46. The molecule has 1 amide bonds. The molecule has 45 heavy (non-hydrogen) atoms. The molecular weight excluding hydrogens is 587 g/mol. The van der Waals surface area contributed by atoms with E-state index in [-0.39, 0.29) is 22.6 Å². The third-order valence-electron chi connectivity index (χ3n) is 7.50. The molecule has 10 nitrogen and oxygen atoms in total. The van der Waals surface area contributed by atoms with Gasteiger partial charge in [0.25, 0.3) is 0 Å². The Kier molecular flexibility index (Phi) is 7.94. The van der Waals surface area contributed by atoms with E-state index < -0.39 is 17.6 Å². The molecule has 0 saturated carbocycles. The van der Waals surface area contributed by atoms with Gasteiger partial charge < -0.3 is 25.4 Å². The smallest absolute Gasteiger partial charge is 0.417 e. The Labute approximate surface area is 256 Å². The van der Waals surface area contributed by atoms with Crippen LogP contribution in [0.4, 0.5) is 30.6 Å². The first-order valence-electron chi connectivity index (χ1n) is 14.0. The molecule has 5 aromatic rings. The molecule has 0 bridgehead atoms. The number of aromatic nitrogens is 4. The van der Waals surface area contributed by atoms with Gasteiger partial charge in [0, 0.05) is 41.4 Å². The molecule has 3 N–H and O–H groups in total. The highest BCUT2D eigenvalue weighted by molar-refractivity contribution is 6.01. The SMILES string of the molecule is COc1nc(-c2cc(-c3c(C(N)=O)cccc3C(F)(F)F)ccc2C)cc2cnc(Nc3ccc(N4CCOCC4)nc3)nc12. The molecule has 0 radical (unpaired) electrons. The molecule has 6 rings (SSSR count). The molecule has 1 fully saturated rings. The van der Waals surface area contributed by atoms with Gasteiger partial charge in [-0.15, -0.1) is 0 Å². The number of hydrogen-bond acceptors (Lipinski definition) is 9. The quantitative estimate of drug-likeness (QED) is 0.235. The number of morpholine rings is 1. The Bertz CT molecular complexity index is 1890. The number of ether oxygens (including phenoxy) is 2. The summed E-state index contributed by atoms with van der Waals surface area (Å²) in [6, 6.07) is 13.7. The van der Waals surface area contributed by atoms with Crippen LogP contribution in [0.5, 0.6) is 5.88 Å². The van der Waals surface area contributed by atoms with Crippen LogP contribution in [0.25, 0.3) is 33.3 Å². The highest BCUT2D eigenvalue weighted by atomic mass is 19.4. The number of carbonyl (C=O) groups excluding carboxylic acids is 1. The van der Waals surface area contributed by atoms with Crippen LogP contribution >= 0.6 is 0 Å². The number of hydrogen-bond donors (Lipinski definition) is 2. The molecule has 1 aliphatic rings. The molecule has 0 unspecified atom stereocenters. The molecule has 3 aromatic heterocycles. The minimum Gasteiger partial charge on any atom is -0.479 e. The Morgan fingerprint density at radius 3 is 2.51 bits per heavy atom. The molecule has 0 spiro atoms. The minimum absolute atomic E-state index is 0.169. The van der Waals surface area contributed by atoms with E-state index >= 15 is 0 Å². The van der Waals surface area contributed by atoms with Crippen molar-refractivity contribution in [3.8, 4) is 28.3 Å². The zero-order chi connectivity index (χ0) is 31.7. The number of pyridine rings is 2. The standard InChI is InChI=1S/C32H28F3N7O3/c1-18-6-7-19(27-22(29(36)43)4-3-5-24(27)32(33,34)35)14-23(18)25-15-20-16-38-31(41-28(20)30(40-25)44-2)39-21-8-9-26(37-17-21)42-10-12-45-13-11-42/h3-9,14-17H,10-13H2,1-2H3,(H2,36,43)(H,38,39,41). The van der Waals surface area contributed by atoms with Gasteiger partial charge in [0.2, 0.25) is 17.7 Å². The van der Waals surface area contributed by atoms with Crippen LogP contribution in [0, 0.1) is 6.92 Å². The number of nitrogens with one attached hydrogen (secondary N) is 1. The molecule has 1 aliphatic heterocycles. The first kappa shape index (κ1) is 29.8. The van der Waals surface area contributed by atoms with Gasteiger partial charge in [0.15, 0.2) is 0 Å². The van der Waals surface area contributed by atoms with Crippen molar-refractivity contribution < 1.29 is 27.4 Å². The molecule has 0 aliphatic carbocycles. The number of carbonyl (C=O) groups is 1. The third-order valence-corrected chi connectivity index (χ3v) is 7.50. The van der Waals surface area contributed by atoms with Crippen LogP contribution in [0.3, 0.4) is 0 Å². The predicted octanol–water partition coefficient (Wildman–Crippen LogP) is 5.77. The third kappa shape index (κ3) is 6.07. The summed E-state index contributed by atoms with van der Waals surface area (Å²) in [4.78, 5) is 32.5. The summed E-state index contributed by atoms with van der Waals surface area (Å²) in [5.41, 5.74) is 6.99. The number of methoxy groups -OCH3 is 1. The van der Waals surface area contributed by atoms with Gasteiger partial charge in [-0.25, -0.2) is 19.9 Å². The first-order chi connectivity index (χ1) is 21.6. The maximum absolute atomic E-state index is 14.0. The fourth-order valence-corrected chi connectivity index (χ4v) is 5.28. The van der Waals surface area contributed by atoms with Crippen LogP contribution in [0.15, 0.2) is 67.0 Å². The Morgan fingerprint density at radius 2 is 1.82 bits per heavy atom.